The van der Waals surface area contributed by atoms with Crippen LogP contribution in [0.1, 0.15) is 12.8 Å². The first kappa shape index (κ1) is 28.2. The molecule has 0 radical (unpaired) electrons. The van der Waals surface area contributed by atoms with Crippen LogP contribution in [0.4, 0.5) is 0 Å². The van der Waals surface area contributed by atoms with E-state index in [0.717, 1.165) is 25.9 Å². The minimum atomic E-state index is -0.163. The molecule has 0 spiro atoms. The molecule has 0 aromatic carbocycles. The van der Waals surface area contributed by atoms with Crippen molar-refractivity contribution in [2.75, 3.05) is 86.1 Å². The zero-order valence-electron chi connectivity index (χ0n) is 18.4. The van der Waals surface area contributed by atoms with Crippen molar-refractivity contribution in [2.45, 2.75) is 12.8 Å². The predicted octanol–water partition coefficient (Wildman–Crippen LogP) is 0.369. The molecule has 0 bridgehead atoms. The maximum atomic E-state index is 10.9. The summed E-state index contributed by atoms with van der Waals surface area (Å²) in [5.41, 5.74) is 0. The summed E-state index contributed by atoms with van der Waals surface area (Å²) in [4.78, 5) is 24.0. The van der Waals surface area contributed by atoms with Crippen molar-refractivity contribution >= 4 is 11.8 Å². The van der Waals surface area contributed by atoms with E-state index in [1.54, 1.807) is 0 Å². The summed E-state index contributed by atoms with van der Waals surface area (Å²) in [6.07, 6.45) is 4.04. The van der Waals surface area contributed by atoms with Crippen molar-refractivity contribution in [1.29, 1.82) is 0 Å². The molecule has 0 heterocycles. The van der Waals surface area contributed by atoms with E-state index in [-0.39, 0.29) is 11.8 Å². The summed E-state index contributed by atoms with van der Waals surface area (Å²) in [7, 11) is 2.02. The van der Waals surface area contributed by atoms with Crippen LogP contribution in [0.2, 0.25) is 0 Å². The minimum Gasteiger partial charge on any atom is -0.379 e. The Hall–Kier alpha value is -1.78. The Morgan fingerprint density at radius 2 is 1.07 bits per heavy atom. The predicted molar refractivity (Wildman–Crippen MR) is 116 cm³/mol. The number of carbonyl (C=O) groups is 2. The molecule has 9 nitrogen and oxygen atoms in total. The van der Waals surface area contributed by atoms with Gasteiger partial charge in [-0.05, 0) is 32.0 Å². The SMILES string of the molecule is C=CC(=O)NCCCOCCOCCN(C)CCOCCOCCCNC(=O)C=C. The normalized spacial score (nSPS) is 10.7. The number of nitrogens with zero attached hydrogens (tertiary/aromatic N) is 1. The Morgan fingerprint density at radius 3 is 1.43 bits per heavy atom. The lowest BCUT2D eigenvalue weighted by Crippen LogP contribution is -2.28. The van der Waals surface area contributed by atoms with Crippen molar-refractivity contribution in [1.82, 2.24) is 15.5 Å². The third-order valence-electron chi connectivity index (χ3n) is 3.88. The van der Waals surface area contributed by atoms with Crippen LogP contribution < -0.4 is 10.6 Å². The fourth-order valence-electron chi connectivity index (χ4n) is 2.11. The van der Waals surface area contributed by atoms with Crippen molar-refractivity contribution in [3.05, 3.63) is 25.3 Å². The van der Waals surface area contributed by atoms with Crippen molar-refractivity contribution in [3.8, 4) is 0 Å². The average molecular weight is 430 g/mol. The summed E-state index contributed by atoms with van der Waals surface area (Å²) < 4.78 is 21.9. The van der Waals surface area contributed by atoms with Gasteiger partial charge in [-0.15, -0.1) is 0 Å². The summed E-state index contributed by atoms with van der Waals surface area (Å²) >= 11 is 0. The van der Waals surface area contributed by atoms with Gasteiger partial charge in [-0.1, -0.05) is 13.2 Å². The zero-order valence-corrected chi connectivity index (χ0v) is 18.4. The number of ether oxygens (including phenoxy) is 4. The van der Waals surface area contributed by atoms with Gasteiger partial charge in [0.05, 0.1) is 39.6 Å². The second-order valence-electron chi connectivity index (χ2n) is 6.45. The van der Waals surface area contributed by atoms with Gasteiger partial charge in [0.15, 0.2) is 0 Å². The van der Waals surface area contributed by atoms with E-state index in [9.17, 15) is 9.59 Å². The van der Waals surface area contributed by atoms with Crippen LogP contribution >= 0.6 is 0 Å². The molecular formula is C21H39N3O6. The Labute approximate surface area is 180 Å². The lowest BCUT2D eigenvalue weighted by Gasteiger charge is -2.16. The zero-order chi connectivity index (χ0) is 22.3. The van der Waals surface area contributed by atoms with E-state index in [1.807, 2.05) is 7.05 Å². The average Bonchev–Trinajstić information content (AvgIpc) is 2.75. The first-order valence-electron chi connectivity index (χ1n) is 10.4. The number of likely N-dealkylation sites (N-methyl/N-ethyl adjacent to an activating group) is 1. The quantitative estimate of drug-likeness (QED) is 0.190. The number of nitrogens with one attached hydrogen (secondary N) is 2. The fourth-order valence-corrected chi connectivity index (χ4v) is 2.11. The highest BCUT2D eigenvalue weighted by Crippen LogP contribution is 1.88. The van der Waals surface area contributed by atoms with Crippen molar-refractivity contribution < 1.29 is 28.5 Å². The van der Waals surface area contributed by atoms with Crippen LogP contribution in [0.3, 0.4) is 0 Å². The first-order chi connectivity index (χ1) is 14.6. The van der Waals surface area contributed by atoms with Gasteiger partial charge in [0.1, 0.15) is 0 Å². The maximum Gasteiger partial charge on any atom is 0.243 e. The number of hydrogen-bond donors (Lipinski definition) is 2. The molecule has 0 fully saturated rings. The largest absolute Gasteiger partial charge is 0.379 e. The molecule has 0 saturated carbocycles. The molecule has 30 heavy (non-hydrogen) atoms. The molecular weight excluding hydrogens is 390 g/mol. The van der Waals surface area contributed by atoms with Gasteiger partial charge in [0.25, 0.3) is 0 Å². The number of carbonyl (C=O) groups excluding carboxylic acids is 2. The van der Waals surface area contributed by atoms with Crippen LogP contribution in [0.5, 0.6) is 0 Å². The second-order valence-corrected chi connectivity index (χ2v) is 6.45. The van der Waals surface area contributed by atoms with E-state index >= 15 is 0 Å². The molecule has 0 aliphatic rings. The van der Waals surface area contributed by atoms with Crippen molar-refractivity contribution in [3.63, 3.8) is 0 Å². The van der Waals surface area contributed by atoms with Gasteiger partial charge in [-0.2, -0.15) is 0 Å². The van der Waals surface area contributed by atoms with Crippen LogP contribution in [0, 0.1) is 0 Å². The van der Waals surface area contributed by atoms with E-state index in [0.29, 0.717) is 65.9 Å². The molecule has 2 amide bonds. The molecule has 0 aliphatic heterocycles. The van der Waals surface area contributed by atoms with Crippen LogP contribution in [0.15, 0.2) is 25.3 Å². The van der Waals surface area contributed by atoms with Gasteiger partial charge in [-0.3, -0.25) is 9.59 Å². The van der Waals surface area contributed by atoms with Gasteiger partial charge >= 0.3 is 0 Å². The maximum absolute atomic E-state index is 10.9. The third kappa shape index (κ3) is 20.9. The number of hydrogen-bond acceptors (Lipinski definition) is 7. The summed E-state index contributed by atoms with van der Waals surface area (Å²) in [5, 5.41) is 5.39. The molecule has 0 atom stereocenters. The third-order valence-corrected chi connectivity index (χ3v) is 3.88. The lowest BCUT2D eigenvalue weighted by molar-refractivity contribution is -0.117. The Kier molecular flexibility index (Phi) is 20.6. The topological polar surface area (TPSA) is 98.4 Å². The number of amides is 2. The molecule has 0 unspecified atom stereocenters. The minimum absolute atomic E-state index is 0.163. The van der Waals surface area contributed by atoms with E-state index in [2.05, 4.69) is 28.7 Å². The van der Waals surface area contributed by atoms with Crippen LogP contribution in [-0.4, -0.2) is 103 Å². The second kappa shape index (κ2) is 21.9. The molecule has 2 N–H and O–H groups in total. The lowest BCUT2D eigenvalue weighted by atomic mass is 10.4. The van der Waals surface area contributed by atoms with E-state index < -0.39 is 0 Å². The van der Waals surface area contributed by atoms with Crippen molar-refractivity contribution in [2.24, 2.45) is 0 Å². The fraction of sp³-hybridized carbons (Fsp3) is 0.714. The first-order valence-corrected chi connectivity index (χ1v) is 10.4. The highest BCUT2D eigenvalue weighted by atomic mass is 16.5. The van der Waals surface area contributed by atoms with E-state index in [4.69, 9.17) is 18.9 Å². The Morgan fingerprint density at radius 1 is 0.700 bits per heavy atom. The molecule has 0 aromatic heterocycles. The smallest absolute Gasteiger partial charge is 0.243 e. The Bertz CT molecular complexity index is 422. The highest BCUT2D eigenvalue weighted by molar-refractivity contribution is 5.87. The molecule has 0 saturated heterocycles. The number of rotatable bonds is 22. The monoisotopic (exact) mass is 429 g/mol. The standard InChI is InChI=1S/C21H39N3O6/c1-4-20(25)22-8-6-12-27-16-18-29-14-10-24(3)11-15-30-19-17-28-13-7-9-23-21(26)5-2/h4-5H,1-2,6-19H2,3H3,(H,22,25)(H,23,26). The van der Waals surface area contributed by atoms with Gasteiger partial charge in [0.2, 0.25) is 11.8 Å². The van der Waals surface area contributed by atoms with E-state index in [1.165, 1.54) is 12.2 Å². The molecule has 0 aromatic rings. The van der Waals surface area contributed by atoms with Gasteiger partial charge in [-0.25, -0.2) is 0 Å². The summed E-state index contributed by atoms with van der Waals surface area (Å²) in [6, 6.07) is 0. The van der Waals surface area contributed by atoms with Crippen LogP contribution in [-0.2, 0) is 28.5 Å². The Balaban J connectivity index is 3.22. The van der Waals surface area contributed by atoms with Gasteiger partial charge in [0, 0.05) is 39.4 Å². The molecule has 9 heteroatoms. The van der Waals surface area contributed by atoms with Crippen LogP contribution in [0.25, 0.3) is 0 Å². The molecule has 0 aliphatic carbocycles. The molecule has 174 valence electrons. The highest BCUT2D eigenvalue weighted by Gasteiger charge is 1.99. The van der Waals surface area contributed by atoms with Gasteiger partial charge < -0.3 is 34.5 Å². The summed E-state index contributed by atoms with van der Waals surface area (Å²) in [5.74, 6) is -0.326. The summed E-state index contributed by atoms with van der Waals surface area (Å²) in [6.45, 7) is 14.2. The molecule has 0 rings (SSSR count).